The normalized spacial score (nSPS) is 10.3. The summed E-state index contributed by atoms with van der Waals surface area (Å²) in [6.07, 6.45) is 0. The van der Waals surface area contributed by atoms with Gasteiger partial charge >= 0.3 is 0 Å². The maximum atomic E-state index is 12.7. The van der Waals surface area contributed by atoms with E-state index in [1.807, 2.05) is 25.1 Å². The molecule has 0 bridgehead atoms. The Morgan fingerprint density at radius 2 is 1.62 bits per heavy atom. The van der Waals surface area contributed by atoms with Crippen LogP contribution in [0.2, 0.25) is 5.02 Å². The number of nitrogens with one attached hydrogen (secondary N) is 2. The second-order valence-corrected chi connectivity index (χ2v) is 7.82. The summed E-state index contributed by atoms with van der Waals surface area (Å²) >= 11 is 6.28. The van der Waals surface area contributed by atoms with E-state index in [2.05, 4.69) is 10.6 Å². The molecule has 0 saturated heterocycles. The van der Waals surface area contributed by atoms with Gasteiger partial charge in [0.2, 0.25) is 0 Å². The highest BCUT2D eigenvalue weighted by Gasteiger charge is 2.14. The Labute approximate surface area is 203 Å². The first-order valence-corrected chi connectivity index (χ1v) is 10.7. The average molecular weight is 484 g/mol. The summed E-state index contributed by atoms with van der Waals surface area (Å²) in [5.74, 6) is 0.478. The van der Waals surface area contributed by atoms with Crippen LogP contribution in [-0.2, 0) is 4.79 Å². The van der Waals surface area contributed by atoms with Gasteiger partial charge in [-0.1, -0.05) is 23.7 Å². The second-order valence-electron chi connectivity index (χ2n) is 7.42. The highest BCUT2D eigenvalue weighted by atomic mass is 35.5. The van der Waals surface area contributed by atoms with Crippen molar-refractivity contribution in [3.05, 3.63) is 71.2 Å². The Kier molecular flexibility index (Phi) is 8.21. The summed E-state index contributed by atoms with van der Waals surface area (Å²) in [6, 6.07) is 17.0. The number of para-hydroxylation sites is 2. The first kappa shape index (κ1) is 24.7. The van der Waals surface area contributed by atoms with E-state index in [1.165, 1.54) is 14.2 Å². The Morgan fingerprint density at radius 1 is 0.882 bits per heavy atom. The number of benzene rings is 3. The van der Waals surface area contributed by atoms with Crippen molar-refractivity contribution in [1.82, 2.24) is 0 Å². The van der Waals surface area contributed by atoms with Crippen molar-refractivity contribution >= 4 is 40.5 Å². The lowest BCUT2D eigenvalue weighted by Crippen LogP contribution is -2.20. The summed E-state index contributed by atoms with van der Waals surface area (Å²) in [4.78, 5) is 26.9. The van der Waals surface area contributed by atoms with Gasteiger partial charge in [0.05, 0.1) is 30.6 Å². The predicted molar refractivity (Wildman–Crippen MR) is 134 cm³/mol. The molecule has 9 heteroatoms. The van der Waals surface area contributed by atoms with Crippen molar-refractivity contribution in [2.24, 2.45) is 0 Å². The molecule has 8 nitrogen and oxygen atoms in total. The average Bonchev–Trinajstić information content (AvgIpc) is 2.82. The smallest absolute Gasteiger partial charge is 0.262 e. The van der Waals surface area contributed by atoms with E-state index in [9.17, 15) is 9.59 Å². The van der Waals surface area contributed by atoms with Gasteiger partial charge in [-0.15, -0.1) is 0 Å². The zero-order chi connectivity index (χ0) is 24.7. The van der Waals surface area contributed by atoms with Crippen LogP contribution in [0.25, 0.3) is 0 Å². The van der Waals surface area contributed by atoms with E-state index in [-0.39, 0.29) is 18.4 Å². The fraction of sp³-hybridized carbons (Fsp3) is 0.200. The second kappa shape index (κ2) is 11.3. The molecule has 3 aromatic carbocycles. The molecule has 0 heterocycles. The molecule has 0 unspecified atom stereocenters. The zero-order valence-electron chi connectivity index (χ0n) is 19.3. The number of anilines is 3. The molecule has 2 N–H and O–H groups in total. The fourth-order valence-corrected chi connectivity index (χ4v) is 3.51. The minimum atomic E-state index is -0.369. The van der Waals surface area contributed by atoms with Gasteiger partial charge in [-0.3, -0.25) is 9.59 Å². The topological polar surface area (TPSA) is 89.1 Å². The van der Waals surface area contributed by atoms with Gasteiger partial charge in [-0.05, 0) is 48.5 Å². The SMILES string of the molecule is COc1ccccc1NC(=O)COc1ccc(C(=O)Nc2ccc(N(C)C)c(Cl)c2)cc1OC. The Bertz CT molecular complexity index is 1180. The number of carbonyl (C=O) groups is 2. The molecular formula is C25H26ClN3O5. The Balaban J connectivity index is 1.65. The highest BCUT2D eigenvalue weighted by molar-refractivity contribution is 6.33. The lowest BCUT2D eigenvalue weighted by Gasteiger charge is -2.16. The molecule has 34 heavy (non-hydrogen) atoms. The molecule has 0 spiro atoms. The number of rotatable bonds is 9. The molecule has 0 atom stereocenters. The van der Waals surface area contributed by atoms with Gasteiger partial charge < -0.3 is 29.7 Å². The number of amides is 2. The van der Waals surface area contributed by atoms with Crippen molar-refractivity contribution in [3.63, 3.8) is 0 Å². The third-order valence-corrected chi connectivity index (χ3v) is 5.16. The van der Waals surface area contributed by atoms with Crippen LogP contribution >= 0.6 is 11.6 Å². The van der Waals surface area contributed by atoms with Crippen LogP contribution in [0.5, 0.6) is 17.2 Å². The number of nitrogens with zero attached hydrogens (tertiary/aromatic N) is 1. The van der Waals surface area contributed by atoms with Crippen molar-refractivity contribution in [2.75, 3.05) is 50.5 Å². The summed E-state index contributed by atoms with van der Waals surface area (Å²) in [6.45, 7) is -0.253. The van der Waals surface area contributed by atoms with Crippen molar-refractivity contribution in [2.45, 2.75) is 0 Å². The van der Waals surface area contributed by atoms with Crippen molar-refractivity contribution < 1.29 is 23.8 Å². The van der Waals surface area contributed by atoms with Crippen LogP contribution in [0.1, 0.15) is 10.4 Å². The van der Waals surface area contributed by atoms with Crippen molar-refractivity contribution in [1.29, 1.82) is 0 Å². The van der Waals surface area contributed by atoms with Gasteiger partial charge in [-0.2, -0.15) is 0 Å². The molecule has 0 aromatic heterocycles. The van der Waals surface area contributed by atoms with E-state index < -0.39 is 0 Å². The van der Waals surface area contributed by atoms with Gasteiger partial charge in [0.1, 0.15) is 5.75 Å². The van der Waals surface area contributed by atoms with E-state index in [4.69, 9.17) is 25.8 Å². The third kappa shape index (κ3) is 6.11. The molecule has 0 aliphatic rings. The van der Waals surface area contributed by atoms with Crippen LogP contribution in [0.4, 0.5) is 17.1 Å². The maximum Gasteiger partial charge on any atom is 0.262 e. The van der Waals surface area contributed by atoms with E-state index in [1.54, 1.807) is 54.6 Å². The molecule has 0 saturated carbocycles. The molecule has 0 radical (unpaired) electrons. The van der Waals surface area contributed by atoms with E-state index in [0.717, 1.165) is 5.69 Å². The van der Waals surface area contributed by atoms with Crippen LogP contribution in [-0.4, -0.2) is 46.7 Å². The predicted octanol–water partition coefficient (Wildman–Crippen LogP) is 4.69. The molecule has 0 aliphatic heterocycles. The number of halogens is 1. The Hall–Kier alpha value is -3.91. The van der Waals surface area contributed by atoms with Gasteiger partial charge in [0.25, 0.3) is 11.8 Å². The first-order chi connectivity index (χ1) is 16.3. The number of hydrogen-bond acceptors (Lipinski definition) is 6. The van der Waals surface area contributed by atoms with Crippen LogP contribution in [0.3, 0.4) is 0 Å². The number of carbonyl (C=O) groups excluding carboxylic acids is 2. The van der Waals surface area contributed by atoms with Crippen LogP contribution in [0, 0.1) is 0 Å². The van der Waals surface area contributed by atoms with Gasteiger partial charge in [-0.25, -0.2) is 0 Å². The molecule has 0 aliphatic carbocycles. The Morgan fingerprint density at radius 3 is 2.29 bits per heavy atom. The van der Waals surface area contributed by atoms with Crippen LogP contribution < -0.4 is 29.7 Å². The summed E-state index contributed by atoms with van der Waals surface area (Å²) < 4.78 is 16.2. The fourth-order valence-electron chi connectivity index (χ4n) is 3.16. The quantitative estimate of drug-likeness (QED) is 0.459. The molecule has 0 fully saturated rings. The van der Waals surface area contributed by atoms with Crippen LogP contribution in [0.15, 0.2) is 60.7 Å². The monoisotopic (exact) mass is 483 g/mol. The molecular weight excluding hydrogens is 458 g/mol. The summed E-state index contributed by atoms with van der Waals surface area (Å²) in [5, 5.41) is 6.07. The number of ether oxygens (including phenoxy) is 3. The largest absolute Gasteiger partial charge is 0.495 e. The van der Waals surface area contributed by atoms with Gasteiger partial charge in [0.15, 0.2) is 18.1 Å². The molecule has 3 rings (SSSR count). The first-order valence-electron chi connectivity index (χ1n) is 10.3. The van der Waals surface area contributed by atoms with Crippen molar-refractivity contribution in [3.8, 4) is 17.2 Å². The number of methoxy groups -OCH3 is 2. The summed E-state index contributed by atoms with van der Waals surface area (Å²) in [5.41, 5.74) is 2.30. The molecule has 178 valence electrons. The zero-order valence-corrected chi connectivity index (χ0v) is 20.1. The summed E-state index contributed by atoms with van der Waals surface area (Å²) in [7, 11) is 6.76. The molecule has 2 amide bonds. The maximum absolute atomic E-state index is 12.7. The van der Waals surface area contributed by atoms with Gasteiger partial charge in [0, 0.05) is 25.3 Å². The lowest BCUT2D eigenvalue weighted by atomic mass is 10.1. The number of hydrogen-bond donors (Lipinski definition) is 2. The van der Waals surface area contributed by atoms with E-state index >= 15 is 0 Å². The van der Waals surface area contributed by atoms with E-state index in [0.29, 0.717) is 39.2 Å². The lowest BCUT2D eigenvalue weighted by molar-refractivity contribution is -0.118. The molecule has 3 aromatic rings. The standard InChI is InChI=1S/C25H26ClN3O5/c1-29(2)20-11-10-17(14-18(20)26)27-25(31)16-9-12-22(23(13-16)33-4)34-15-24(30)28-19-7-5-6-8-21(19)32-3/h5-14H,15H2,1-4H3,(H,27,31)(H,28,30). The minimum Gasteiger partial charge on any atom is -0.495 e. The highest BCUT2D eigenvalue weighted by Crippen LogP contribution is 2.30. The minimum absolute atomic E-state index is 0.253. The third-order valence-electron chi connectivity index (χ3n) is 4.85.